The Kier molecular flexibility index (Phi) is 4.90. The Hall–Kier alpha value is -2.40. The predicted molar refractivity (Wildman–Crippen MR) is 78.8 cm³/mol. The van der Waals surface area contributed by atoms with Crippen LogP contribution in [-0.2, 0) is 11.3 Å². The van der Waals surface area contributed by atoms with Crippen molar-refractivity contribution in [3.8, 4) is 5.75 Å². The van der Waals surface area contributed by atoms with E-state index < -0.39 is 12.0 Å². The molecule has 0 aliphatic heterocycles. The molecular weight excluding hydrogens is 268 g/mol. The van der Waals surface area contributed by atoms with Crippen LogP contribution in [0.1, 0.15) is 23.1 Å². The van der Waals surface area contributed by atoms with Gasteiger partial charge < -0.3 is 15.2 Å². The number of pyridine rings is 1. The van der Waals surface area contributed by atoms with Crippen molar-refractivity contribution < 1.29 is 14.6 Å². The summed E-state index contributed by atoms with van der Waals surface area (Å²) in [5.74, 6) is 0.131. The van der Waals surface area contributed by atoms with Crippen LogP contribution >= 0.6 is 0 Å². The van der Waals surface area contributed by atoms with Crippen molar-refractivity contribution in [2.45, 2.75) is 19.6 Å². The highest BCUT2D eigenvalue weighted by atomic mass is 16.5. The highest BCUT2D eigenvalue weighted by Gasteiger charge is 2.17. The van der Waals surface area contributed by atoms with Gasteiger partial charge in [-0.05, 0) is 36.8 Å². The molecule has 5 heteroatoms. The van der Waals surface area contributed by atoms with Crippen LogP contribution in [0.25, 0.3) is 0 Å². The van der Waals surface area contributed by atoms with E-state index in [1.807, 2.05) is 25.1 Å². The van der Waals surface area contributed by atoms with Crippen LogP contribution in [-0.4, -0.2) is 23.1 Å². The molecule has 0 saturated heterocycles. The molecule has 2 aromatic rings. The Morgan fingerprint density at radius 1 is 1.33 bits per heavy atom. The minimum atomic E-state index is -1.23. The second kappa shape index (κ2) is 6.85. The number of carbonyl (C=O) groups is 1. The van der Waals surface area contributed by atoms with E-state index in [0.29, 0.717) is 11.3 Å². The number of rotatable bonds is 5. The molecule has 0 bridgehead atoms. The number of carbonyl (C=O) groups excluding carboxylic acids is 1. The maximum atomic E-state index is 12.0. The van der Waals surface area contributed by atoms with Gasteiger partial charge in [0.05, 0.1) is 19.3 Å². The number of amides is 1. The lowest BCUT2D eigenvalue weighted by atomic mass is 10.1. The number of aliphatic hydroxyl groups excluding tert-OH is 1. The number of aliphatic hydroxyl groups is 1. The number of aryl methyl sites for hydroxylation is 1. The molecule has 0 aliphatic rings. The van der Waals surface area contributed by atoms with Crippen LogP contribution in [0.4, 0.5) is 0 Å². The van der Waals surface area contributed by atoms with E-state index in [0.717, 1.165) is 11.4 Å². The summed E-state index contributed by atoms with van der Waals surface area (Å²) < 4.78 is 5.07. The fraction of sp³-hybridized carbons (Fsp3) is 0.250. The molecular formula is C16H18N2O3. The van der Waals surface area contributed by atoms with Crippen molar-refractivity contribution >= 4 is 5.91 Å². The summed E-state index contributed by atoms with van der Waals surface area (Å²) in [4.78, 5) is 16.3. The first-order valence-corrected chi connectivity index (χ1v) is 6.62. The quantitative estimate of drug-likeness (QED) is 0.878. The van der Waals surface area contributed by atoms with Gasteiger partial charge in [-0.15, -0.1) is 0 Å². The first-order chi connectivity index (χ1) is 10.1. The third-order valence-corrected chi connectivity index (χ3v) is 3.05. The van der Waals surface area contributed by atoms with Crippen molar-refractivity contribution in [2.24, 2.45) is 0 Å². The lowest BCUT2D eigenvalue weighted by Crippen LogP contribution is -2.29. The SMILES string of the molecule is COc1cccc(C(O)C(=O)NCc2cccc(C)n2)c1. The minimum Gasteiger partial charge on any atom is -0.497 e. The molecule has 1 heterocycles. The van der Waals surface area contributed by atoms with Gasteiger partial charge in [-0.3, -0.25) is 9.78 Å². The van der Waals surface area contributed by atoms with Crippen LogP contribution in [0, 0.1) is 6.92 Å². The van der Waals surface area contributed by atoms with E-state index >= 15 is 0 Å². The van der Waals surface area contributed by atoms with Crippen molar-refractivity contribution in [1.29, 1.82) is 0 Å². The first kappa shape index (κ1) is 15.0. The number of methoxy groups -OCH3 is 1. The van der Waals surface area contributed by atoms with Crippen molar-refractivity contribution in [1.82, 2.24) is 10.3 Å². The number of nitrogens with zero attached hydrogens (tertiary/aromatic N) is 1. The van der Waals surface area contributed by atoms with Crippen LogP contribution < -0.4 is 10.1 Å². The highest BCUT2D eigenvalue weighted by Crippen LogP contribution is 2.19. The van der Waals surface area contributed by atoms with Gasteiger partial charge in [0.25, 0.3) is 5.91 Å². The molecule has 1 atom stereocenters. The number of ether oxygens (including phenoxy) is 1. The molecule has 5 nitrogen and oxygen atoms in total. The molecule has 0 aliphatic carbocycles. The van der Waals surface area contributed by atoms with E-state index in [-0.39, 0.29) is 6.54 Å². The third-order valence-electron chi connectivity index (χ3n) is 3.05. The van der Waals surface area contributed by atoms with Gasteiger partial charge in [-0.25, -0.2) is 0 Å². The molecule has 2 N–H and O–H groups in total. The molecule has 2 rings (SSSR count). The molecule has 1 amide bonds. The normalized spacial score (nSPS) is 11.8. The van der Waals surface area contributed by atoms with Gasteiger partial charge in [0, 0.05) is 5.69 Å². The molecule has 1 unspecified atom stereocenters. The summed E-state index contributed by atoms with van der Waals surface area (Å²) in [7, 11) is 1.54. The highest BCUT2D eigenvalue weighted by molar-refractivity contribution is 5.81. The lowest BCUT2D eigenvalue weighted by molar-refractivity contribution is -0.129. The van der Waals surface area contributed by atoms with Crippen LogP contribution in [0.15, 0.2) is 42.5 Å². The maximum Gasteiger partial charge on any atom is 0.253 e. The number of aromatic nitrogens is 1. The van der Waals surface area contributed by atoms with Gasteiger partial charge in [0.2, 0.25) is 0 Å². The summed E-state index contributed by atoms with van der Waals surface area (Å²) in [6.07, 6.45) is -1.23. The van der Waals surface area contributed by atoms with Crippen molar-refractivity contribution in [3.63, 3.8) is 0 Å². The summed E-state index contributed by atoms with van der Waals surface area (Å²) in [6.45, 7) is 2.16. The van der Waals surface area contributed by atoms with Gasteiger partial charge in [0.1, 0.15) is 5.75 Å². The Balaban J connectivity index is 1.99. The predicted octanol–water partition coefficient (Wildman–Crippen LogP) is 1.75. The van der Waals surface area contributed by atoms with E-state index in [9.17, 15) is 9.90 Å². The van der Waals surface area contributed by atoms with Crippen molar-refractivity contribution in [3.05, 3.63) is 59.4 Å². The van der Waals surface area contributed by atoms with Crippen molar-refractivity contribution in [2.75, 3.05) is 7.11 Å². The lowest BCUT2D eigenvalue weighted by Gasteiger charge is -2.12. The average Bonchev–Trinajstić information content (AvgIpc) is 2.52. The number of hydrogen-bond acceptors (Lipinski definition) is 4. The summed E-state index contributed by atoms with van der Waals surface area (Å²) in [5.41, 5.74) is 2.13. The van der Waals surface area contributed by atoms with Gasteiger partial charge in [0.15, 0.2) is 6.10 Å². The molecule has 0 fully saturated rings. The molecule has 1 aromatic carbocycles. The summed E-state index contributed by atoms with van der Waals surface area (Å²) in [5, 5.41) is 12.7. The fourth-order valence-electron chi connectivity index (χ4n) is 1.94. The minimum absolute atomic E-state index is 0.279. The Morgan fingerprint density at radius 2 is 2.10 bits per heavy atom. The standard InChI is InChI=1S/C16H18N2O3/c1-11-5-3-7-13(18-11)10-17-16(20)15(19)12-6-4-8-14(9-12)21-2/h3-9,15,19H,10H2,1-2H3,(H,17,20). The number of benzene rings is 1. The van der Waals surface area contributed by atoms with Crippen LogP contribution in [0.5, 0.6) is 5.75 Å². The molecule has 1 aromatic heterocycles. The topological polar surface area (TPSA) is 71.5 Å². The third kappa shape index (κ3) is 4.03. The zero-order chi connectivity index (χ0) is 15.2. The Labute approximate surface area is 123 Å². The fourth-order valence-corrected chi connectivity index (χ4v) is 1.94. The average molecular weight is 286 g/mol. The Bertz CT molecular complexity index is 628. The molecule has 0 radical (unpaired) electrons. The molecule has 0 spiro atoms. The van der Waals surface area contributed by atoms with E-state index in [4.69, 9.17) is 4.74 Å². The molecule has 21 heavy (non-hydrogen) atoms. The van der Waals surface area contributed by atoms with E-state index in [2.05, 4.69) is 10.3 Å². The number of hydrogen-bond donors (Lipinski definition) is 2. The Morgan fingerprint density at radius 3 is 2.81 bits per heavy atom. The largest absolute Gasteiger partial charge is 0.497 e. The first-order valence-electron chi connectivity index (χ1n) is 6.62. The number of nitrogens with one attached hydrogen (secondary N) is 1. The van der Waals surface area contributed by atoms with E-state index in [1.54, 1.807) is 24.3 Å². The second-order valence-electron chi connectivity index (χ2n) is 4.67. The summed E-state index contributed by atoms with van der Waals surface area (Å²) in [6, 6.07) is 12.4. The smallest absolute Gasteiger partial charge is 0.253 e. The second-order valence-corrected chi connectivity index (χ2v) is 4.67. The van der Waals surface area contributed by atoms with E-state index in [1.165, 1.54) is 7.11 Å². The summed E-state index contributed by atoms with van der Waals surface area (Å²) >= 11 is 0. The van der Waals surface area contributed by atoms with Gasteiger partial charge in [-0.1, -0.05) is 18.2 Å². The monoisotopic (exact) mass is 286 g/mol. The maximum absolute atomic E-state index is 12.0. The van der Waals surface area contributed by atoms with Crippen LogP contribution in [0.2, 0.25) is 0 Å². The molecule has 110 valence electrons. The van der Waals surface area contributed by atoms with Gasteiger partial charge >= 0.3 is 0 Å². The van der Waals surface area contributed by atoms with Crippen LogP contribution in [0.3, 0.4) is 0 Å². The molecule has 0 saturated carbocycles. The zero-order valence-electron chi connectivity index (χ0n) is 12.0. The van der Waals surface area contributed by atoms with Gasteiger partial charge in [-0.2, -0.15) is 0 Å². The zero-order valence-corrected chi connectivity index (χ0v) is 12.0.